The number of para-hydroxylation sites is 1. The molecule has 2 aromatic rings. The standard InChI is InChI=1S/C25H25NO2/c1-25(2)16-21-24(22(27)17-25)19(14-13-18-9-5-3-6-10-18)15-23(28)26(21)20-11-7-4-8-12-20/h3-14,19H,15-17H2,1-2H3/b14-13+. The van der Waals surface area contributed by atoms with E-state index >= 15 is 0 Å². The Morgan fingerprint density at radius 1 is 0.929 bits per heavy atom. The molecule has 0 fully saturated rings. The Kier molecular flexibility index (Phi) is 4.76. The first-order valence-corrected chi connectivity index (χ1v) is 9.82. The number of carbonyl (C=O) groups excluding carboxylic acids is 2. The molecule has 142 valence electrons. The Labute approximate surface area is 166 Å². The molecule has 3 heteroatoms. The summed E-state index contributed by atoms with van der Waals surface area (Å²) < 4.78 is 0. The van der Waals surface area contributed by atoms with E-state index in [0.29, 0.717) is 12.8 Å². The van der Waals surface area contributed by atoms with Crippen molar-refractivity contribution in [3.05, 3.63) is 83.6 Å². The molecule has 28 heavy (non-hydrogen) atoms. The quantitative estimate of drug-likeness (QED) is 0.725. The van der Waals surface area contributed by atoms with E-state index in [0.717, 1.165) is 28.9 Å². The van der Waals surface area contributed by atoms with Gasteiger partial charge in [-0.2, -0.15) is 0 Å². The van der Waals surface area contributed by atoms with Crippen molar-refractivity contribution in [2.24, 2.45) is 11.3 Å². The van der Waals surface area contributed by atoms with Gasteiger partial charge in [0.25, 0.3) is 0 Å². The minimum Gasteiger partial charge on any atom is -0.294 e. The minimum absolute atomic E-state index is 0.0539. The molecule has 0 N–H and O–H groups in total. The molecular formula is C25H25NO2. The predicted molar refractivity (Wildman–Crippen MR) is 113 cm³/mol. The fraction of sp³-hybridized carbons (Fsp3) is 0.280. The van der Waals surface area contributed by atoms with Crippen LogP contribution >= 0.6 is 0 Å². The van der Waals surface area contributed by atoms with E-state index in [2.05, 4.69) is 13.8 Å². The third-order valence-corrected chi connectivity index (χ3v) is 5.52. The lowest BCUT2D eigenvalue weighted by atomic mass is 9.70. The maximum atomic E-state index is 13.1. The zero-order chi connectivity index (χ0) is 19.7. The van der Waals surface area contributed by atoms with E-state index in [4.69, 9.17) is 0 Å². The molecule has 1 unspecified atom stereocenters. The van der Waals surface area contributed by atoms with Crippen LogP contribution in [-0.4, -0.2) is 11.7 Å². The number of benzene rings is 2. The summed E-state index contributed by atoms with van der Waals surface area (Å²) in [6, 6.07) is 19.7. The Hall–Kier alpha value is -2.94. The SMILES string of the molecule is CC1(C)CC(=O)C2=C(C1)N(c1ccccc1)C(=O)CC2/C=C/c1ccccc1. The first-order chi connectivity index (χ1) is 13.4. The van der Waals surface area contributed by atoms with Crippen molar-refractivity contribution in [2.75, 3.05) is 4.90 Å². The van der Waals surface area contributed by atoms with Gasteiger partial charge in [-0.3, -0.25) is 14.5 Å². The van der Waals surface area contributed by atoms with Crippen molar-refractivity contribution < 1.29 is 9.59 Å². The summed E-state index contributed by atoms with van der Waals surface area (Å²) in [6.45, 7) is 4.21. The molecule has 2 aromatic carbocycles. The van der Waals surface area contributed by atoms with Crippen LogP contribution in [0.25, 0.3) is 6.08 Å². The molecule has 1 atom stereocenters. The lowest BCUT2D eigenvalue weighted by molar-refractivity contribution is -0.121. The number of Topliss-reactive ketones (excluding diaryl/α,β-unsaturated/α-hetero) is 1. The summed E-state index contributed by atoms with van der Waals surface area (Å²) in [5.41, 5.74) is 3.47. The third-order valence-electron chi connectivity index (χ3n) is 5.52. The first kappa shape index (κ1) is 18.4. The van der Waals surface area contributed by atoms with E-state index in [1.165, 1.54) is 0 Å². The Morgan fingerprint density at radius 2 is 1.57 bits per heavy atom. The highest BCUT2D eigenvalue weighted by Gasteiger charge is 2.43. The Morgan fingerprint density at radius 3 is 2.25 bits per heavy atom. The number of anilines is 1. The van der Waals surface area contributed by atoms with E-state index in [-0.39, 0.29) is 23.0 Å². The maximum absolute atomic E-state index is 13.1. The highest BCUT2D eigenvalue weighted by atomic mass is 16.2. The number of nitrogens with zero attached hydrogens (tertiary/aromatic N) is 1. The lowest BCUT2D eigenvalue weighted by Crippen LogP contribution is -2.44. The van der Waals surface area contributed by atoms with Crippen LogP contribution in [0.2, 0.25) is 0 Å². The van der Waals surface area contributed by atoms with Crippen LogP contribution < -0.4 is 4.90 Å². The van der Waals surface area contributed by atoms with Gasteiger partial charge < -0.3 is 0 Å². The number of rotatable bonds is 3. The molecule has 1 aliphatic carbocycles. The molecular weight excluding hydrogens is 346 g/mol. The summed E-state index contributed by atoms with van der Waals surface area (Å²) in [5.74, 6) is 0.0619. The highest BCUT2D eigenvalue weighted by Crippen LogP contribution is 2.45. The zero-order valence-electron chi connectivity index (χ0n) is 16.4. The van der Waals surface area contributed by atoms with Gasteiger partial charge in [0.05, 0.1) is 0 Å². The van der Waals surface area contributed by atoms with E-state index in [9.17, 15) is 9.59 Å². The van der Waals surface area contributed by atoms with Gasteiger partial charge >= 0.3 is 0 Å². The summed E-state index contributed by atoms with van der Waals surface area (Å²) in [4.78, 5) is 28.0. The fourth-order valence-electron chi connectivity index (χ4n) is 4.29. The average Bonchev–Trinajstić information content (AvgIpc) is 2.66. The minimum atomic E-state index is -0.161. The Balaban J connectivity index is 1.79. The molecule has 0 radical (unpaired) electrons. The van der Waals surface area contributed by atoms with Crippen LogP contribution in [0.15, 0.2) is 78.0 Å². The topological polar surface area (TPSA) is 37.4 Å². The van der Waals surface area contributed by atoms with Gasteiger partial charge in [-0.05, 0) is 29.5 Å². The number of ketones is 1. The van der Waals surface area contributed by atoms with E-state index in [1.54, 1.807) is 4.90 Å². The van der Waals surface area contributed by atoms with Crippen LogP contribution in [0, 0.1) is 11.3 Å². The first-order valence-electron chi connectivity index (χ1n) is 9.82. The molecule has 0 spiro atoms. The lowest BCUT2D eigenvalue weighted by Gasteiger charge is -2.42. The third kappa shape index (κ3) is 3.57. The van der Waals surface area contributed by atoms with Gasteiger partial charge in [0.2, 0.25) is 5.91 Å². The normalized spacial score (nSPS) is 21.9. The van der Waals surface area contributed by atoms with Crippen molar-refractivity contribution in [2.45, 2.75) is 33.1 Å². The molecule has 1 heterocycles. The van der Waals surface area contributed by atoms with Crippen LogP contribution in [0.4, 0.5) is 5.69 Å². The molecule has 3 nitrogen and oxygen atoms in total. The number of hydrogen-bond acceptors (Lipinski definition) is 2. The molecule has 0 saturated heterocycles. The van der Waals surface area contributed by atoms with Crippen LogP contribution in [0.1, 0.15) is 38.7 Å². The van der Waals surface area contributed by atoms with Gasteiger partial charge in [-0.1, -0.05) is 74.5 Å². The van der Waals surface area contributed by atoms with Crippen molar-refractivity contribution in [3.63, 3.8) is 0 Å². The molecule has 1 aliphatic heterocycles. The largest absolute Gasteiger partial charge is 0.294 e. The summed E-state index contributed by atoms with van der Waals surface area (Å²) >= 11 is 0. The summed E-state index contributed by atoms with van der Waals surface area (Å²) in [5, 5.41) is 0. The number of hydrogen-bond donors (Lipinski definition) is 0. The van der Waals surface area contributed by atoms with Crippen LogP contribution in [-0.2, 0) is 9.59 Å². The van der Waals surface area contributed by atoms with Crippen LogP contribution in [0.3, 0.4) is 0 Å². The van der Waals surface area contributed by atoms with Crippen molar-refractivity contribution in [1.29, 1.82) is 0 Å². The Bertz CT molecular complexity index is 955. The van der Waals surface area contributed by atoms with Crippen molar-refractivity contribution >= 4 is 23.5 Å². The summed E-state index contributed by atoms with van der Waals surface area (Å²) in [7, 11) is 0. The zero-order valence-corrected chi connectivity index (χ0v) is 16.4. The van der Waals surface area contributed by atoms with Gasteiger partial charge in [-0.15, -0.1) is 0 Å². The molecule has 0 aromatic heterocycles. The summed E-state index contributed by atoms with van der Waals surface area (Å²) in [6.07, 6.45) is 5.63. The van der Waals surface area contributed by atoms with Crippen LogP contribution in [0.5, 0.6) is 0 Å². The van der Waals surface area contributed by atoms with Gasteiger partial charge in [0.15, 0.2) is 5.78 Å². The van der Waals surface area contributed by atoms with Crippen molar-refractivity contribution in [3.8, 4) is 0 Å². The molecule has 0 bridgehead atoms. The van der Waals surface area contributed by atoms with Gasteiger partial charge in [0, 0.05) is 35.7 Å². The average molecular weight is 371 g/mol. The van der Waals surface area contributed by atoms with Crippen molar-refractivity contribution in [1.82, 2.24) is 0 Å². The molecule has 0 saturated carbocycles. The van der Waals surface area contributed by atoms with E-state index in [1.807, 2.05) is 72.8 Å². The van der Waals surface area contributed by atoms with Gasteiger partial charge in [-0.25, -0.2) is 0 Å². The second-order valence-electron chi connectivity index (χ2n) is 8.45. The molecule has 2 aliphatic rings. The number of allylic oxidation sites excluding steroid dienone is 3. The molecule has 4 rings (SSSR count). The smallest absolute Gasteiger partial charge is 0.232 e. The number of amides is 1. The highest BCUT2D eigenvalue weighted by molar-refractivity contribution is 6.07. The monoisotopic (exact) mass is 371 g/mol. The van der Waals surface area contributed by atoms with E-state index < -0.39 is 0 Å². The van der Waals surface area contributed by atoms with Gasteiger partial charge in [0.1, 0.15) is 0 Å². The maximum Gasteiger partial charge on any atom is 0.232 e. The second kappa shape index (κ2) is 7.23. The molecule has 1 amide bonds. The second-order valence-corrected chi connectivity index (χ2v) is 8.45. The number of carbonyl (C=O) groups is 2. The fourth-order valence-corrected chi connectivity index (χ4v) is 4.29. The predicted octanol–water partition coefficient (Wildman–Crippen LogP) is 5.40.